The van der Waals surface area contributed by atoms with Crippen LogP contribution in [0.4, 0.5) is 0 Å². The molecule has 0 aliphatic carbocycles. The fourth-order valence-corrected chi connectivity index (χ4v) is 1.38. The van der Waals surface area contributed by atoms with Crippen LogP contribution < -0.4 is 0 Å². The van der Waals surface area contributed by atoms with E-state index in [0.29, 0.717) is 11.8 Å². The summed E-state index contributed by atoms with van der Waals surface area (Å²) in [5, 5.41) is 14.9. The third kappa shape index (κ3) is 1.46. The lowest BCUT2D eigenvalue weighted by Crippen LogP contribution is -1.82. The van der Waals surface area contributed by atoms with E-state index in [9.17, 15) is 0 Å². The molecular formula is C10H6N4O2. The lowest BCUT2D eigenvalue weighted by molar-refractivity contribution is 0.566. The third-order valence-corrected chi connectivity index (χ3v) is 2.08. The van der Waals surface area contributed by atoms with Gasteiger partial charge in [0.25, 0.3) is 0 Å². The van der Waals surface area contributed by atoms with Crippen LogP contribution in [0.25, 0.3) is 22.9 Å². The summed E-state index contributed by atoms with van der Waals surface area (Å²) in [6, 6.07) is 7.45. The van der Waals surface area contributed by atoms with E-state index in [4.69, 9.17) is 8.83 Å². The standard InChI is InChI=1S/C10H6N4O2/c1-2-7(9-13-11-5-15-9)4-8(3-1)10-14-12-6-16-10/h1-6H. The maximum Gasteiger partial charge on any atom is 0.247 e. The summed E-state index contributed by atoms with van der Waals surface area (Å²) in [6.45, 7) is 0. The predicted octanol–water partition coefficient (Wildman–Crippen LogP) is 1.79. The summed E-state index contributed by atoms with van der Waals surface area (Å²) in [5.41, 5.74) is 1.63. The van der Waals surface area contributed by atoms with E-state index in [1.807, 2.05) is 24.3 Å². The number of benzene rings is 1. The number of hydrogen-bond donors (Lipinski definition) is 0. The van der Waals surface area contributed by atoms with Crippen LogP contribution >= 0.6 is 0 Å². The highest BCUT2D eigenvalue weighted by atomic mass is 16.4. The molecule has 0 spiro atoms. The summed E-state index contributed by atoms with van der Waals surface area (Å²) in [4.78, 5) is 0. The monoisotopic (exact) mass is 214 g/mol. The average molecular weight is 214 g/mol. The topological polar surface area (TPSA) is 77.8 Å². The highest BCUT2D eigenvalue weighted by Crippen LogP contribution is 2.23. The minimum absolute atomic E-state index is 0.460. The Labute approximate surface area is 89.9 Å². The van der Waals surface area contributed by atoms with Crippen molar-refractivity contribution >= 4 is 0 Å². The van der Waals surface area contributed by atoms with Crippen LogP contribution in [0, 0.1) is 0 Å². The van der Waals surface area contributed by atoms with Crippen molar-refractivity contribution in [1.82, 2.24) is 20.4 Å². The Morgan fingerprint density at radius 3 is 1.81 bits per heavy atom. The molecule has 6 heteroatoms. The van der Waals surface area contributed by atoms with Crippen LogP contribution in [0.1, 0.15) is 0 Å². The van der Waals surface area contributed by atoms with E-state index in [1.165, 1.54) is 12.8 Å². The zero-order valence-electron chi connectivity index (χ0n) is 8.07. The van der Waals surface area contributed by atoms with Crippen molar-refractivity contribution in [3.8, 4) is 22.9 Å². The number of nitrogens with zero attached hydrogens (tertiary/aromatic N) is 4. The van der Waals surface area contributed by atoms with Gasteiger partial charge >= 0.3 is 0 Å². The van der Waals surface area contributed by atoms with E-state index in [0.717, 1.165) is 11.1 Å². The molecule has 0 saturated heterocycles. The van der Waals surface area contributed by atoms with Crippen molar-refractivity contribution in [2.24, 2.45) is 0 Å². The van der Waals surface area contributed by atoms with Gasteiger partial charge in [-0.05, 0) is 18.2 Å². The fourth-order valence-electron chi connectivity index (χ4n) is 1.38. The third-order valence-electron chi connectivity index (χ3n) is 2.08. The molecule has 0 saturated carbocycles. The predicted molar refractivity (Wildman–Crippen MR) is 53.0 cm³/mol. The van der Waals surface area contributed by atoms with E-state index >= 15 is 0 Å². The Morgan fingerprint density at radius 1 is 0.812 bits per heavy atom. The maximum atomic E-state index is 5.10. The lowest BCUT2D eigenvalue weighted by atomic mass is 10.1. The molecule has 0 unspecified atom stereocenters. The number of rotatable bonds is 2. The summed E-state index contributed by atoms with van der Waals surface area (Å²) in [6.07, 6.45) is 2.57. The molecule has 0 amide bonds. The second-order valence-corrected chi connectivity index (χ2v) is 3.07. The minimum atomic E-state index is 0.460. The Kier molecular flexibility index (Phi) is 1.96. The van der Waals surface area contributed by atoms with Crippen LogP contribution in [-0.2, 0) is 0 Å². The molecule has 0 atom stereocenters. The molecule has 0 N–H and O–H groups in total. The van der Waals surface area contributed by atoms with Gasteiger partial charge in [-0.25, -0.2) is 0 Å². The molecule has 3 rings (SSSR count). The normalized spacial score (nSPS) is 10.5. The SMILES string of the molecule is c1cc(-c2nnco2)cc(-c2nnco2)c1. The van der Waals surface area contributed by atoms with Crippen molar-refractivity contribution in [3.63, 3.8) is 0 Å². The zero-order valence-corrected chi connectivity index (χ0v) is 8.07. The first-order chi connectivity index (χ1) is 7.93. The Morgan fingerprint density at radius 2 is 1.38 bits per heavy atom. The first kappa shape index (κ1) is 8.78. The summed E-state index contributed by atoms with van der Waals surface area (Å²) in [7, 11) is 0. The summed E-state index contributed by atoms with van der Waals surface area (Å²) < 4.78 is 10.2. The number of aromatic nitrogens is 4. The lowest BCUT2D eigenvalue weighted by Gasteiger charge is -1.97. The zero-order chi connectivity index (χ0) is 10.8. The first-order valence-corrected chi connectivity index (χ1v) is 4.56. The van der Waals surface area contributed by atoms with Crippen molar-refractivity contribution in [3.05, 3.63) is 37.1 Å². The van der Waals surface area contributed by atoms with Gasteiger partial charge in [-0.3, -0.25) is 0 Å². The quantitative estimate of drug-likeness (QED) is 0.647. The van der Waals surface area contributed by atoms with Gasteiger partial charge in [0, 0.05) is 11.1 Å². The van der Waals surface area contributed by atoms with Gasteiger partial charge in [0.1, 0.15) is 0 Å². The van der Waals surface area contributed by atoms with E-state index < -0.39 is 0 Å². The van der Waals surface area contributed by atoms with Crippen LogP contribution in [0.3, 0.4) is 0 Å². The molecule has 6 nitrogen and oxygen atoms in total. The summed E-state index contributed by atoms with van der Waals surface area (Å²) in [5.74, 6) is 0.919. The molecule has 3 aromatic rings. The molecule has 0 aliphatic rings. The molecular weight excluding hydrogens is 208 g/mol. The molecule has 16 heavy (non-hydrogen) atoms. The van der Waals surface area contributed by atoms with Gasteiger partial charge in [-0.2, -0.15) is 0 Å². The first-order valence-electron chi connectivity index (χ1n) is 4.56. The Hall–Kier alpha value is -2.50. The van der Waals surface area contributed by atoms with Crippen molar-refractivity contribution in [1.29, 1.82) is 0 Å². The van der Waals surface area contributed by atoms with E-state index in [1.54, 1.807) is 0 Å². The van der Waals surface area contributed by atoms with Crippen LogP contribution in [0.2, 0.25) is 0 Å². The van der Waals surface area contributed by atoms with Gasteiger partial charge in [0.15, 0.2) is 0 Å². The highest BCUT2D eigenvalue weighted by molar-refractivity contribution is 5.63. The molecule has 0 bridgehead atoms. The van der Waals surface area contributed by atoms with E-state index in [-0.39, 0.29) is 0 Å². The molecule has 2 aromatic heterocycles. The van der Waals surface area contributed by atoms with Crippen LogP contribution in [0.15, 0.2) is 45.9 Å². The second-order valence-electron chi connectivity index (χ2n) is 3.07. The maximum absolute atomic E-state index is 5.10. The largest absolute Gasteiger partial charge is 0.423 e. The fraction of sp³-hybridized carbons (Fsp3) is 0. The minimum Gasteiger partial charge on any atom is -0.423 e. The molecule has 0 radical (unpaired) electrons. The average Bonchev–Trinajstić information content (AvgIpc) is 3.03. The molecule has 0 aliphatic heterocycles. The van der Waals surface area contributed by atoms with Crippen LogP contribution in [-0.4, -0.2) is 20.4 Å². The van der Waals surface area contributed by atoms with Gasteiger partial charge in [-0.1, -0.05) is 6.07 Å². The Bertz CT molecular complexity index is 525. The highest BCUT2D eigenvalue weighted by Gasteiger charge is 2.07. The van der Waals surface area contributed by atoms with Crippen molar-refractivity contribution in [2.45, 2.75) is 0 Å². The molecule has 1 aromatic carbocycles. The van der Waals surface area contributed by atoms with E-state index in [2.05, 4.69) is 20.4 Å². The molecule has 78 valence electrons. The molecule has 2 heterocycles. The smallest absolute Gasteiger partial charge is 0.247 e. The Balaban J connectivity index is 2.07. The van der Waals surface area contributed by atoms with Crippen LogP contribution in [0.5, 0.6) is 0 Å². The number of hydrogen-bond acceptors (Lipinski definition) is 6. The second kappa shape index (κ2) is 3.58. The van der Waals surface area contributed by atoms with Crippen molar-refractivity contribution < 1.29 is 8.83 Å². The van der Waals surface area contributed by atoms with Gasteiger partial charge in [0.2, 0.25) is 24.6 Å². The van der Waals surface area contributed by atoms with Crippen molar-refractivity contribution in [2.75, 3.05) is 0 Å². The van der Waals surface area contributed by atoms with Gasteiger partial charge in [-0.15, -0.1) is 20.4 Å². The van der Waals surface area contributed by atoms with Gasteiger partial charge in [0.05, 0.1) is 0 Å². The van der Waals surface area contributed by atoms with Gasteiger partial charge < -0.3 is 8.83 Å². The molecule has 0 fully saturated rings. The summed E-state index contributed by atoms with van der Waals surface area (Å²) >= 11 is 0.